The molecular formula is C10H11FN2O3. The first kappa shape index (κ1) is 10.7. The van der Waals surface area contributed by atoms with Crippen molar-refractivity contribution in [2.24, 2.45) is 0 Å². The predicted octanol–water partition coefficient (Wildman–Crippen LogP) is 1.40. The van der Waals surface area contributed by atoms with Crippen LogP contribution in [0.1, 0.15) is 12.8 Å². The second-order valence-corrected chi connectivity index (χ2v) is 3.67. The van der Waals surface area contributed by atoms with E-state index < -0.39 is 12.0 Å². The highest BCUT2D eigenvalue weighted by atomic mass is 19.1. The van der Waals surface area contributed by atoms with Gasteiger partial charge in [0.15, 0.2) is 0 Å². The largest absolute Gasteiger partial charge is 0.489 e. The summed E-state index contributed by atoms with van der Waals surface area (Å²) in [6, 6.07) is 2.68. The van der Waals surface area contributed by atoms with E-state index in [-0.39, 0.29) is 12.1 Å². The van der Waals surface area contributed by atoms with Gasteiger partial charge in [-0.1, -0.05) is 0 Å². The third-order valence-electron chi connectivity index (χ3n) is 2.43. The van der Waals surface area contributed by atoms with Crippen LogP contribution < -0.4 is 10.1 Å². The van der Waals surface area contributed by atoms with E-state index in [0.29, 0.717) is 18.6 Å². The number of pyridine rings is 1. The monoisotopic (exact) mass is 226 g/mol. The molecule has 1 fully saturated rings. The molecule has 2 N–H and O–H groups in total. The molecule has 1 aromatic heterocycles. The standard InChI is InChI=1S/C10H11FN2O3/c11-9-2-1-7(5-12-9)16-8-3-6(4-8)13-10(14)15/h1-2,5-6,8,13H,3-4H2,(H,14,15)/t6-,8-. The maximum atomic E-state index is 12.5. The average molecular weight is 226 g/mol. The summed E-state index contributed by atoms with van der Waals surface area (Å²) in [4.78, 5) is 13.8. The molecule has 1 heterocycles. The topological polar surface area (TPSA) is 71.5 Å². The third kappa shape index (κ3) is 2.59. The third-order valence-corrected chi connectivity index (χ3v) is 2.43. The van der Waals surface area contributed by atoms with E-state index in [9.17, 15) is 9.18 Å². The molecule has 1 amide bonds. The number of ether oxygens (including phenoxy) is 1. The van der Waals surface area contributed by atoms with Crippen molar-refractivity contribution in [1.82, 2.24) is 10.3 Å². The van der Waals surface area contributed by atoms with Crippen molar-refractivity contribution in [3.8, 4) is 5.75 Å². The quantitative estimate of drug-likeness (QED) is 0.764. The number of carboxylic acid groups (broad SMARTS) is 1. The van der Waals surface area contributed by atoms with E-state index >= 15 is 0 Å². The Morgan fingerprint density at radius 1 is 1.56 bits per heavy atom. The Balaban J connectivity index is 1.77. The highest BCUT2D eigenvalue weighted by molar-refractivity contribution is 5.65. The molecule has 0 bridgehead atoms. The number of halogens is 1. The minimum absolute atomic E-state index is 0.0240. The molecule has 86 valence electrons. The second kappa shape index (κ2) is 4.34. The second-order valence-electron chi connectivity index (χ2n) is 3.67. The van der Waals surface area contributed by atoms with E-state index in [4.69, 9.17) is 9.84 Å². The van der Waals surface area contributed by atoms with Crippen molar-refractivity contribution < 1.29 is 19.0 Å². The number of hydrogen-bond acceptors (Lipinski definition) is 3. The van der Waals surface area contributed by atoms with E-state index in [2.05, 4.69) is 10.3 Å². The number of hydrogen-bond donors (Lipinski definition) is 2. The van der Waals surface area contributed by atoms with Gasteiger partial charge in [0, 0.05) is 18.9 Å². The molecule has 1 saturated carbocycles. The molecule has 1 aliphatic rings. The van der Waals surface area contributed by atoms with E-state index in [1.807, 2.05) is 0 Å². The molecule has 0 aliphatic heterocycles. The Labute approximate surface area is 91.3 Å². The van der Waals surface area contributed by atoms with Crippen molar-refractivity contribution in [1.29, 1.82) is 0 Å². The van der Waals surface area contributed by atoms with Crippen molar-refractivity contribution in [2.45, 2.75) is 25.0 Å². The fourth-order valence-electron chi connectivity index (χ4n) is 1.58. The minimum Gasteiger partial charge on any atom is -0.489 e. The molecule has 5 nitrogen and oxygen atoms in total. The van der Waals surface area contributed by atoms with Gasteiger partial charge in [0.05, 0.1) is 6.20 Å². The molecule has 0 atom stereocenters. The Bertz CT molecular complexity index is 376. The Morgan fingerprint density at radius 3 is 2.88 bits per heavy atom. The molecule has 6 heteroatoms. The molecule has 0 aromatic carbocycles. The zero-order valence-corrected chi connectivity index (χ0v) is 8.39. The summed E-state index contributed by atoms with van der Waals surface area (Å²) in [5, 5.41) is 10.8. The van der Waals surface area contributed by atoms with Gasteiger partial charge in [0.1, 0.15) is 11.9 Å². The van der Waals surface area contributed by atoms with Gasteiger partial charge >= 0.3 is 6.09 Å². The van der Waals surface area contributed by atoms with Crippen molar-refractivity contribution in [3.05, 3.63) is 24.3 Å². The number of nitrogens with zero attached hydrogens (tertiary/aromatic N) is 1. The molecule has 1 aliphatic carbocycles. The molecular weight excluding hydrogens is 215 g/mol. The van der Waals surface area contributed by atoms with Gasteiger partial charge in [0.2, 0.25) is 5.95 Å². The molecule has 0 spiro atoms. The SMILES string of the molecule is O=C(O)N[C@H]1C[C@H](Oc2ccc(F)nc2)C1. The maximum Gasteiger partial charge on any atom is 0.404 e. The summed E-state index contributed by atoms with van der Waals surface area (Å²) >= 11 is 0. The lowest BCUT2D eigenvalue weighted by atomic mass is 9.89. The van der Waals surface area contributed by atoms with Gasteiger partial charge in [-0.2, -0.15) is 4.39 Å². The maximum absolute atomic E-state index is 12.5. The summed E-state index contributed by atoms with van der Waals surface area (Å²) in [6.45, 7) is 0. The molecule has 0 radical (unpaired) electrons. The van der Waals surface area contributed by atoms with Crippen LogP contribution in [-0.2, 0) is 0 Å². The van der Waals surface area contributed by atoms with Crippen LogP contribution in [-0.4, -0.2) is 28.3 Å². The number of aromatic nitrogens is 1. The fourth-order valence-corrected chi connectivity index (χ4v) is 1.58. The van der Waals surface area contributed by atoms with Crippen LogP contribution in [0, 0.1) is 5.95 Å². The van der Waals surface area contributed by atoms with E-state index in [1.54, 1.807) is 0 Å². The first-order valence-electron chi connectivity index (χ1n) is 4.91. The lowest BCUT2D eigenvalue weighted by Crippen LogP contribution is -2.48. The Kier molecular flexibility index (Phi) is 2.89. The lowest BCUT2D eigenvalue weighted by molar-refractivity contribution is 0.0829. The smallest absolute Gasteiger partial charge is 0.404 e. The van der Waals surface area contributed by atoms with E-state index in [0.717, 1.165) is 0 Å². The molecule has 0 unspecified atom stereocenters. The van der Waals surface area contributed by atoms with Crippen LogP contribution in [0.25, 0.3) is 0 Å². The Morgan fingerprint density at radius 2 is 2.31 bits per heavy atom. The predicted molar refractivity (Wildman–Crippen MR) is 52.8 cm³/mol. The summed E-state index contributed by atoms with van der Waals surface area (Å²) in [5.41, 5.74) is 0. The molecule has 16 heavy (non-hydrogen) atoms. The van der Waals surface area contributed by atoms with Crippen molar-refractivity contribution >= 4 is 6.09 Å². The zero-order chi connectivity index (χ0) is 11.5. The van der Waals surface area contributed by atoms with Crippen LogP contribution in [0.3, 0.4) is 0 Å². The fraction of sp³-hybridized carbons (Fsp3) is 0.400. The zero-order valence-electron chi connectivity index (χ0n) is 8.39. The van der Waals surface area contributed by atoms with Crippen LogP contribution in [0.15, 0.2) is 18.3 Å². The molecule has 0 saturated heterocycles. The first-order valence-corrected chi connectivity index (χ1v) is 4.91. The highest BCUT2D eigenvalue weighted by Gasteiger charge is 2.31. The number of rotatable bonds is 3. The lowest BCUT2D eigenvalue weighted by Gasteiger charge is -2.34. The van der Waals surface area contributed by atoms with Gasteiger partial charge in [-0.25, -0.2) is 9.78 Å². The van der Waals surface area contributed by atoms with Gasteiger partial charge in [-0.3, -0.25) is 0 Å². The minimum atomic E-state index is -1.02. The number of carbonyl (C=O) groups is 1. The normalized spacial score (nSPS) is 23.3. The molecule has 1 aromatic rings. The number of nitrogens with one attached hydrogen (secondary N) is 1. The van der Waals surface area contributed by atoms with Gasteiger partial charge < -0.3 is 15.2 Å². The van der Waals surface area contributed by atoms with Gasteiger partial charge in [-0.15, -0.1) is 0 Å². The van der Waals surface area contributed by atoms with Crippen LogP contribution in [0.4, 0.5) is 9.18 Å². The van der Waals surface area contributed by atoms with Crippen LogP contribution >= 0.6 is 0 Å². The number of amides is 1. The van der Waals surface area contributed by atoms with Gasteiger partial charge in [0.25, 0.3) is 0 Å². The summed E-state index contributed by atoms with van der Waals surface area (Å²) in [7, 11) is 0. The average Bonchev–Trinajstić information content (AvgIpc) is 2.17. The summed E-state index contributed by atoms with van der Waals surface area (Å²) in [6.07, 6.45) is 1.52. The van der Waals surface area contributed by atoms with Crippen molar-refractivity contribution in [3.63, 3.8) is 0 Å². The molecule has 2 rings (SSSR count). The summed E-state index contributed by atoms with van der Waals surface area (Å²) in [5.74, 6) is -0.0495. The highest BCUT2D eigenvalue weighted by Crippen LogP contribution is 2.25. The first-order chi connectivity index (χ1) is 7.63. The summed E-state index contributed by atoms with van der Waals surface area (Å²) < 4.78 is 17.9. The van der Waals surface area contributed by atoms with Crippen LogP contribution in [0.2, 0.25) is 0 Å². The van der Waals surface area contributed by atoms with Gasteiger partial charge in [-0.05, 0) is 12.1 Å². The van der Waals surface area contributed by atoms with Crippen molar-refractivity contribution in [2.75, 3.05) is 0 Å². The Hall–Kier alpha value is -1.85. The van der Waals surface area contributed by atoms with Crippen LogP contribution in [0.5, 0.6) is 5.75 Å². The van der Waals surface area contributed by atoms with E-state index in [1.165, 1.54) is 18.3 Å².